The van der Waals surface area contributed by atoms with Crippen molar-refractivity contribution in [1.29, 1.82) is 0 Å². The number of fused-ring (bicyclic) bond motifs is 1. The first kappa shape index (κ1) is 14.1. The van der Waals surface area contributed by atoms with E-state index in [0.717, 1.165) is 5.92 Å². The first-order chi connectivity index (χ1) is 9.39. The van der Waals surface area contributed by atoms with Crippen LogP contribution in [0.1, 0.15) is 30.0 Å². The Morgan fingerprint density at radius 1 is 0.900 bits per heavy atom. The topological polar surface area (TPSA) is 0 Å². The van der Waals surface area contributed by atoms with Crippen LogP contribution in [0.5, 0.6) is 0 Å². The van der Waals surface area contributed by atoms with Gasteiger partial charge in [-0.25, -0.2) is 0 Å². The number of piperidine rings is 1. The number of quaternary nitrogens is 2. The highest BCUT2D eigenvalue weighted by Crippen LogP contribution is 2.42. The van der Waals surface area contributed by atoms with Crippen LogP contribution in [0.25, 0.3) is 0 Å². The highest BCUT2D eigenvalue weighted by Gasteiger charge is 2.43. The summed E-state index contributed by atoms with van der Waals surface area (Å²) < 4.78 is 2.38. The Hall–Kier alpha value is -0.860. The molecule has 1 atom stereocenters. The number of likely N-dealkylation sites (N-methyl/N-ethyl adjacent to an activating group) is 1. The van der Waals surface area contributed by atoms with Crippen molar-refractivity contribution in [1.82, 2.24) is 0 Å². The molecule has 20 heavy (non-hydrogen) atoms. The Balaban J connectivity index is 1.90. The second-order valence-corrected chi connectivity index (χ2v) is 8.12. The predicted molar refractivity (Wildman–Crippen MR) is 84.4 cm³/mol. The van der Waals surface area contributed by atoms with Crippen molar-refractivity contribution in [3.05, 3.63) is 35.4 Å². The first-order valence-corrected chi connectivity index (χ1v) is 8.12. The molecule has 0 saturated carbocycles. The summed E-state index contributed by atoms with van der Waals surface area (Å²) in [5.41, 5.74) is 3.25. The fourth-order valence-electron chi connectivity index (χ4n) is 4.40. The molecule has 0 bridgehead atoms. The molecule has 2 aliphatic heterocycles. The van der Waals surface area contributed by atoms with Crippen molar-refractivity contribution in [2.45, 2.75) is 25.3 Å². The lowest BCUT2D eigenvalue weighted by Crippen LogP contribution is -2.54. The van der Waals surface area contributed by atoms with E-state index in [-0.39, 0.29) is 0 Å². The maximum Gasteiger partial charge on any atom is 0.118 e. The minimum atomic E-state index is 0.709. The number of likely N-dealkylation sites (tertiary alicyclic amines) is 1. The summed E-state index contributed by atoms with van der Waals surface area (Å²) in [6.45, 7) is 3.96. The van der Waals surface area contributed by atoms with Crippen molar-refractivity contribution in [3.63, 3.8) is 0 Å². The number of nitrogens with zero attached hydrogens (tertiary/aromatic N) is 2. The lowest BCUT2D eigenvalue weighted by molar-refractivity contribution is -0.934. The van der Waals surface area contributed by atoms with E-state index < -0.39 is 0 Å². The van der Waals surface area contributed by atoms with Gasteiger partial charge in [-0.05, 0) is 5.56 Å². The summed E-state index contributed by atoms with van der Waals surface area (Å²) in [6.07, 6.45) is 4.01. The molecule has 0 N–H and O–H groups in total. The molecule has 1 fully saturated rings. The van der Waals surface area contributed by atoms with Crippen LogP contribution < -0.4 is 0 Å². The molecule has 0 aromatic heterocycles. The van der Waals surface area contributed by atoms with E-state index in [9.17, 15) is 0 Å². The smallest absolute Gasteiger partial charge is 0.118 e. The quantitative estimate of drug-likeness (QED) is 0.691. The number of benzene rings is 1. The van der Waals surface area contributed by atoms with E-state index in [0.29, 0.717) is 6.04 Å². The van der Waals surface area contributed by atoms with Crippen LogP contribution in [0.3, 0.4) is 0 Å². The average Bonchev–Trinajstić information content (AvgIpc) is 2.39. The number of hydrogen-bond donors (Lipinski definition) is 0. The third-order valence-corrected chi connectivity index (χ3v) is 5.74. The third-order valence-electron chi connectivity index (χ3n) is 5.74. The summed E-state index contributed by atoms with van der Waals surface area (Å²) >= 11 is 0. The number of hydrogen-bond acceptors (Lipinski definition) is 0. The van der Waals surface area contributed by atoms with E-state index in [2.05, 4.69) is 52.5 Å². The maximum absolute atomic E-state index is 2.44. The lowest BCUT2D eigenvalue weighted by atomic mass is 9.78. The van der Waals surface area contributed by atoms with Crippen molar-refractivity contribution < 1.29 is 8.97 Å². The lowest BCUT2D eigenvalue weighted by Gasteiger charge is -2.48. The van der Waals surface area contributed by atoms with Gasteiger partial charge in [-0.3, -0.25) is 0 Å². The summed E-state index contributed by atoms with van der Waals surface area (Å²) in [5.74, 6) is 0.859. The van der Waals surface area contributed by atoms with Crippen molar-refractivity contribution in [2.75, 3.05) is 47.8 Å². The molecule has 1 aromatic carbocycles. The molecule has 1 unspecified atom stereocenters. The Morgan fingerprint density at radius 2 is 1.55 bits per heavy atom. The first-order valence-electron chi connectivity index (χ1n) is 8.12. The van der Waals surface area contributed by atoms with Gasteiger partial charge >= 0.3 is 0 Å². The van der Waals surface area contributed by atoms with E-state index >= 15 is 0 Å². The SMILES string of the molecule is C[N+]1(C)CCC(C2c3ccccc3CC[N+]2(C)C)CC1. The fraction of sp³-hybridized carbons (Fsp3) is 0.667. The standard InChI is InChI=1S/C18H30N2/c1-19(2)12-9-16(10-13-19)18-17-8-6-5-7-15(17)11-14-20(18,3)4/h5-8,16,18H,9-14H2,1-4H3/q+2. The van der Waals surface area contributed by atoms with E-state index in [1.165, 1.54) is 47.9 Å². The molecule has 1 saturated heterocycles. The van der Waals surface area contributed by atoms with Crippen molar-refractivity contribution in [2.24, 2.45) is 5.92 Å². The normalized spacial score (nSPS) is 28.9. The zero-order valence-electron chi connectivity index (χ0n) is 13.6. The van der Waals surface area contributed by atoms with Gasteiger partial charge in [0.2, 0.25) is 0 Å². The summed E-state index contributed by atoms with van der Waals surface area (Å²) in [7, 11) is 9.64. The molecule has 0 amide bonds. The van der Waals surface area contributed by atoms with Gasteiger partial charge in [0.05, 0.1) is 47.8 Å². The van der Waals surface area contributed by atoms with Gasteiger partial charge < -0.3 is 8.97 Å². The van der Waals surface area contributed by atoms with Gasteiger partial charge in [0.25, 0.3) is 0 Å². The van der Waals surface area contributed by atoms with E-state index in [4.69, 9.17) is 0 Å². The van der Waals surface area contributed by atoms with Crippen LogP contribution in [0.2, 0.25) is 0 Å². The Kier molecular flexibility index (Phi) is 3.42. The molecule has 3 rings (SSSR count). The molecule has 2 nitrogen and oxygen atoms in total. The zero-order valence-corrected chi connectivity index (χ0v) is 13.6. The Morgan fingerprint density at radius 3 is 2.25 bits per heavy atom. The largest absolute Gasteiger partial charge is 0.328 e. The molecule has 1 aromatic rings. The fourth-order valence-corrected chi connectivity index (χ4v) is 4.40. The zero-order chi connectivity index (χ0) is 14.4. The molecule has 2 aliphatic rings. The van der Waals surface area contributed by atoms with E-state index in [1.807, 2.05) is 0 Å². The highest BCUT2D eigenvalue weighted by atomic mass is 15.4. The molecule has 0 radical (unpaired) electrons. The molecule has 110 valence electrons. The van der Waals surface area contributed by atoms with Crippen LogP contribution in [-0.4, -0.2) is 56.8 Å². The van der Waals surface area contributed by atoms with Gasteiger partial charge in [0.1, 0.15) is 6.04 Å². The average molecular weight is 274 g/mol. The molecular weight excluding hydrogens is 244 g/mol. The Bertz CT molecular complexity index is 480. The molecule has 2 heterocycles. The number of rotatable bonds is 1. The van der Waals surface area contributed by atoms with Gasteiger partial charge in [-0.2, -0.15) is 0 Å². The second-order valence-electron chi connectivity index (χ2n) is 8.12. The molecule has 0 spiro atoms. The summed E-state index contributed by atoms with van der Waals surface area (Å²) in [6, 6.07) is 9.90. The Labute approximate surface area is 124 Å². The van der Waals surface area contributed by atoms with Crippen molar-refractivity contribution >= 4 is 0 Å². The van der Waals surface area contributed by atoms with E-state index in [1.54, 1.807) is 11.1 Å². The maximum atomic E-state index is 2.44. The molecular formula is C18H30N2+2. The summed E-state index contributed by atoms with van der Waals surface area (Å²) in [5, 5.41) is 0. The minimum absolute atomic E-state index is 0.709. The monoisotopic (exact) mass is 274 g/mol. The van der Waals surface area contributed by atoms with Gasteiger partial charge in [-0.1, -0.05) is 24.3 Å². The van der Waals surface area contributed by atoms with Gasteiger partial charge in [-0.15, -0.1) is 0 Å². The predicted octanol–water partition coefficient (Wildman–Crippen LogP) is 2.85. The van der Waals surface area contributed by atoms with Gasteiger partial charge in [0.15, 0.2) is 0 Å². The summed E-state index contributed by atoms with van der Waals surface area (Å²) in [4.78, 5) is 0. The van der Waals surface area contributed by atoms with Crippen LogP contribution >= 0.6 is 0 Å². The molecule has 0 aliphatic carbocycles. The van der Waals surface area contributed by atoms with Crippen LogP contribution in [-0.2, 0) is 6.42 Å². The minimum Gasteiger partial charge on any atom is -0.328 e. The van der Waals surface area contributed by atoms with Gasteiger partial charge in [0, 0.05) is 30.7 Å². The van der Waals surface area contributed by atoms with Crippen LogP contribution in [0, 0.1) is 5.92 Å². The van der Waals surface area contributed by atoms with Crippen LogP contribution in [0.4, 0.5) is 0 Å². The highest BCUT2D eigenvalue weighted by molar-refractivity contribution is 5.31. The molecule has 2 heteroatoms. The van der Waals surface area contributed by atoms with Crippen LogP contribution in [0.15, 0.2) is 24.3 Å². The third kappa shape index (κ3) is 2.51. The second kappa shape index (κ2) is 4.85. The van der Waals surface area contributed by atoms with Crippen molar-refractivity contribution in [3.8, 4) is 0 Å².